The van der Waals surface area contributed by atoms with E-state index in [0.717, 1.165) is 51.4 Å². The number of fused-ring (bicyclic) bond motifs is 5. The molecule has 0 heterocycles. The molecule has 218 valence electrons. The van der Waals surface area contributed by atoms with E-state index < -0.39 is 15.9 Å². The van der Waals surface area contributed by atoms with Crippen LogP contribution < -0.4 is 4.72 Å². The van der Waals surface area contributed by atoms with Gasteiger partial charge in [0.15, 0.2) is 0 Å². The summed E-state index contributed by atoms with van der Waals surface area (Å²) in [5.74, 6) is 1.86. The van der Waals surface area contributed by atoms with Crippen molar-refractivity contribution >= 4 is 15.9 Å². The second-order valence-electron chi connectivity index (χ2n) is 14.0. The lowest BCUT2D eigenvalue weighted by Gasteiger charge is -2.64. The Balaban J connectivity index is 1.28. The van der Waals surface area contributed by atoms with Gasteiger partial charge in [-0.2, -0.15) is 0 Å². The molecule has 1 aromatic rings. The number of aliphatic hydroxyl groups is 2. The Morgan fingerprint density at radius 1 is 1.00 bits per heavy atom. The third-order valence-electron chi connectivity index (χ3n) is 12.3. The minimum Gasteiger partial charge on any atom is -0.393 e. The first kappa shape index (κ1) is 29.1. The van der Waals surface area contributed by atoms with Crippen molar-refractivity contribution in [1.82, 2.24) is 4.72 Å². The maximum Gasteiger partial charge on any atom is 0.264 e. The van der Waals surface area contributed by atoms with Gasteiger partial charge in [0.2, 0.25) is 10.0 Å². The highest BCUT2D eigenvalue weighted by Crippen LogP contribution is 2.69. The molecular formula is C32H49NO5S. The highest BCUT2D eigenvalue weighted by atomic mass is 32.2. The summed E-state index contributed by atoms with van der Waals surface area (Å²) in [7, 11) is -3.73. The first-order valence-electron chi connectivity index (χ1n) is 15.4. The van der Waals surface area contributed by atoms with Crippen LogP contribution in [0.5, 0.6) is 0 Å². The molecule has 0 unspecified atom stereocenters. The fourth-order valence-corrected chi connectivity index (χ4v) is 11.5. The minimum atomic E-state index is -3.73. The van der Waals surface area contributed by atoms with E-state index in [1.165, 1.54) is 0 Å². The third kappa shape index (κ3) is 5.10. The summed E-state index contributed by atoms with van der Waals surface area (Å²) in [6, 6.07) is 8.47. The summed E-state index contributed by atoms with van der Waals surface area (Å²) in [6.45, 7) is 9.27. The number of hydrogen-bond donors (Lipinski definition) is 3. The quantitative estimate of drug-likeness (QED) is 0.415. The number of carbonyl (C=O) groups is 1. The van der Waals surface area contributed by atoms with Crippen LogP contribution in [-0.2, 0) is 10.0 Å². The first-order chi connectivity index (χ1) is 18.4. The SMILES string of the molecule is CC[C@H]1[C@@H](O)[C@@H]2[C@H](CC[C@]3(C)[C@@H]([C@H](C)CCS(=O)(=O)NC(=O)c4ccccc4)CC[C@@H]23)[C@@]2(C)CC[C@@H](O)C[C@@H]12. The van der Waals surface area contributed by atoms with E-state index >= 15 is 0 Å². The van der Waals surface area contributed by atoms with Gasteiger partial charge in [0.05, 0.1) is 18.0 Å². The fraction of sp³-hybridized carbons (Fsp3) is 0.781. The van der Waals surface area contributed by atoms with Crippen molar-refractivity contribution in [2.24, 2.45) is 52.3 Å². The molecule has 0 spiro atoms. The largest absolute Gasteiger partial charge is 0.393 e. The van der Waals surface area contributed by atoms with E-state index in [9.17, 15) is 23.4 Å². The van der Waals surface area contributed by atoms with Gasteiger partial charge in [-0.05, 0) is 116 Å². The predicted octanol–water partition coefficient (Wildman–Crippen LogP) is 5.40. The van der Waals surface area contributed by atoms with Crippen LogP contribution in [0.2, 0.25) is 0 Å². The average Bonchev–Trinajstić information content (AvgIpc) is 3.26. The normalized spacial score (nSPS) is 42.6. The number of carbonyl (C=O) groups excluding carboxylic acids is 1. The van der Waals surface area contributed by atoms with Crippen molar-refractivity contribution in [2.75, 3.05) is 5.75 Å². The minimum absolute atomic E-state index is 0.0569. The Morgan fingerprint density at radius 2 is 1.67 bits per heavy atom. The lowest BCUT2D eigenvalue weighted by Crippen LogP contribution is -2.62. The van der Waals surface area contributed by atoms with Gasteiger partial charge in [-0.15, -0.1) is 0 Å². The van der Waals surface area contributed by atoms with Crippen molar-refractivity contribution in [3.05, 3.63) is 35.9 Å². The number of rotatable bonds is 7. The van der Waals surface area contributed by atoms with Gasteiger partial charge >= 0.3 is 0 Å². The molecule has 4 saturated carbocycles. The zero-order valence-corrected chi connectivity index (χ0v) is 25.0. The maximum absolute atomic E-state index is 12.8. The molecule has 11 atom stereocenters. The van der Waals surface area contributed by atoms with Gasteiger partial charge in [0, 0.05) is 5.56 Å². The number of aliphatic hydroxyl groups excluding tert-OH is 2. The molecule has 7 heteroatoms. The summed E-state index contributed by atoms with van der Waals surface area (Å²) in [5, 5.41) is 22.4. The fourth-order valence-electron chi connectivity index (χ4n) is 10.3. The number of amides is 1. The molecule has 0 radical (unpaired) electrons. The van der Waals surface area contributed by atoms with Gasteiger partial charge < -0.3 is 10.2 Å². The lowest BCUT2D eigenvalue weighted by molar-refractivity contribution is -0.203. The van der Waals surface area contributed by atoms with E-state index in [-0.39, 0.29) is 46.5 Å². The molecule has 0 aliphatic heterocycles. The lowest BCUT2D eigenvalue weighted by atomic mass is 9.41. The molecule has 0 saturated heterocycles. The zero-order valence-electron chi connectivity index (χ0n) is 24.2. The molecule has 0 aromatic heterocycles. The van der Waals surface area contributed by atoms with Crippen molar-refractivity contribution in [1.29, 1.82) is 0 Å². The van der Waals surface area contributed by atoms with Crippen molar-refractivity contribution in [3.63, 3.8) is 0 Å². The van der Waals surface area contributed by atoms with Crippen molar-refractivity contribution in [3.8, 4) is 0 Å². The summed E-state index contributed by atoms with van der Waals surface area (Å²) in [6.07, 6.45) is 8.08. The molecule has 1 amide bonds. The third-order valence-corrected chi connectivity index (χ3v) is 13.5. The van der Waals surface area contributed by atoms with Gasteiger partial charge in [-0.25, -0.2) is 13.1 Å². The van der Waals surface area contributed by atoms with E-state index in [4.69, 9.17) is 0 Å². The van der Waals surface area contributed by atoms with Crippen molar-refractivity contribution < 1.29 is 23.4 Å². The molecule has 3 N–H and O–H groups in total. The highest BCUT2D eigenvalue weighted by Gasteiger charge is 2.64. The van der Waals surface area contributed by atoms with Gasteiger partial charge in [-0.1, -0.05) is 52.3 Å². The van der Waals surface area contributed by atoms with Crippen LogP contribution in [0.3, 0.4) is 0 Å². The summed E-state index contributed by atoms with van der Waals surface area (Å²) in [5.41, 5.74) is 0.616. The molecular weight excluding hydrogens is 510 g/mol. The van der Waals surface area contributed by atoms with E-state index in [1.54, 1.807) is 30.3 Å². The molecule has 39 heavy (non-hydrogen) atoms. The van der Waals surface area contributed by atoms with E-state index in [0.29, 0.717) is 35.7 Å². The second kappa shape index (κ2) is 10.8. The van der Waals surface area contributed by atoms with Crippen LogP contribution in [0.25, 0.3) is 0 Å². The topological polar surface area (TPSA) is 104 Å². The van der Waals surface area contributed by atoms with Crippen LogP contribution in [0.1, 0.15) is 95.8 Å². The zero-order chi connectivity index (χ0) is 28.2. The molecule has 6 nitrogen and oxygen atoms in total. The molecule has 4 aliphatic carbocycles. The Labute approximate surface area is 235 Å². The molecule has 4 aliphatic rings. The molecule has 5 rings (SSSR count). The van der Waals surface area contributed by atoms with E-state index in [2.05, 4.69) is 32.4 Å². The van der Waals surface area contributed by atoms with Gasteiger partial charge in [-0.3, -0.25) is 4.79 Å². The Morgan fingerprint density at radius 3 is 2.36 bits per heavy atom. The van der Waals surface area contributed by atoms with Crippen LogP contribution in [0.4, 0.5) is 0 Å². The average molecular weight is 560 g/mol. The van der Waals surface area contributed by atoms with Gasteiger partial charge in [0.25, 0.3) is 5.91 Å². The van der Waals surface area contributed by atoms with Crippen LogP contribution in [0.15, 0.2) is 30.3 Å². The summed E-state index contributed by atoms with van der Waals surface area (Å²) >= 11 is 0. The Bertz CT molecular complexity index is 1140. The standard InChI is InChI=1S/C32H49NO5S/c1-5-23-27-19-22(34)13-16-32(27,4)26-14-17-31(3)24(11-12-25(31)28(26)29(23)35)20(2)15-18-39(37,38)33-30(36)21-9-7-6-8-10-21/h6-10,20,22-29,34-35H,5,11-19H2,1-4H3,(H,33,36)/t20-,22-,23-,24-,25+,26+,27+,28+,29-,31-,32-/m1/s1. The maximum atomic E-state index is 12.8. The number of sulfonamides is 1. The second-order valence-corrected chi connectivity index (χ2v) is 15.8. The number of benzene rings is 1. The van der Waals surface area contributed by atoms with Gasteiger partial charge in [0.1, 0.15) is 0 Å². The Kier molecular flexibility index (Phi) is 8.02. The monoisotopic (exact) mass is 559 g/mol. The van der Waals surface area contributed by atoms with Crippen LogP contribution >= 0.6 is 0 Å². The smallest absolute Gasteiger partial charge is 0.264 e. The number of hydrogen-bond acceptors (Lipinski definition) is 5. The number of nitrogens with one attached hydrogen (secondary N) is 1. The van der Waals surface area contributed by atoms with E-state index in [1.807, 2.05) is 0 Å². The highest BCUT2D eigenvalue weighted by molar-refractivity contribution is 7.90. The molecule has 1 aromatic carbocycles. The van der Waals surface area contributed by atoms with Crippen molar-refractivity contribution in [2.45, 2.75) is 97.7 Å². The summed E-state index contributed by atoms with van der Waals surface area (Å²) < 4.78 is 27.9. The summed E-state index contributed by atoms with van der Waals surface area (Å²) in [4.78, 5) is 12.4. The molecule has 4 fully saturated rings. The molecule has 0 bridgehead atoms. The predicted molar refractivity (Wildman–Crippen MR) is 153 cm³/mol. The Hall–Kier alpha value is -1.44. The first-order valence-corrected chi connectivity index (χ1v) is 17.0. The van der Waals surface area contributed by atoms with Crippen LogP contribution in [-0.4, -0.2) is 42.5 Å². The van der Waals surface area contributed by atoms with Crippen LogP contribution in [0, 0.1) is 52.3 Å².